The van der Waals surface area contributed by atoms with Gasteiger partial charge < -0.3 is 15.1 Å². The molecule has 1 saturated heterocycles. The van der Waals surface area contributed by atoms with Crippen molar-refractivity contribution < 1.29 is 14.0 Å². The third kappa shape index (κ3) is 5.72. The van der Waals surface area contributed by atoms with Gasteiger partial charge in [-0.15, -0.1) is 0 Å². The Balaban J connectivity index is 1.58. The molecule has 1 heterocycles. The van der Waals surface area contributed by atoms with E-state index in [1.54, 1.807) is 4.90 Å². The molecule has 0 aliphatic carbocycles. The molecule has 32 heavy (non-hydrogen) atoms. The summed E-state index contributed by atoms with van der Waals surface area (Å²) in [4.78, 5) is 28.3. The summed E-state index contributed by atoms with van der Waals surface area (Å²) in [6.07, 6.45) is 0. The molecule has 2 aromatic carbocycles. The van der Waals surface area contributed by atoms with Gasteiger partial charge in [0, 0.05) is 60.5 Å². The molecule has 3 amide bonds. The van der Waals surface area contributed by atoms with Crippen LogP contribution in [0.2, 0.25) is 0 Å². The normalized spacial score (nSPS) is 15.9. The number of rotatable bonds is 7. The van der Waals surface area contributed by atoms with E-state index in [-0.39, 0.29) is 23.4 Å². The molecule has 4 N–H and O–H groups in total. The van der Waals surface area contributed by atoms with E-state index in [9.17, 15) is 14.0 Å². The van der Waals surface area contributed by atoms with Crippen molar-refractivity contribution in [1.29, 1.82) is 0 Å². The van der Waals surface area contributed by atoms with Crippen molar-refractivity contribution in [2.75, 3.05) is 36.8 Å². The summed E-state index contributed by atoms with van der Waals surface area (Å²) >= 11 is 1.84. The zero-order valence-corrected chi connectivity index (χ0v) is 19.3. The molecule has 0 saturated carbocycles. The fraction of sp³-hybridized carbons (Fsp3) is 0.391. The van der Waals surface area contributed by atoms with Gasteiger partial charge in [-0.05, 0) is 43.7 Å². The van der Waals surface area contributed by atoms with Gasteiger partial charge in [0.1, 0.15) is 5.82 Å². The third-order valence-electron chi connectivity index (χ3n) is 5.62. The highest BCUT2D eigenvalue weighted by Crippen LogP contribution is 2.34. The Kier molecular flexibility index (Phi) is 8.35. The first-order valence-electron chi connectivity index (χ1n) is 10.8. The van der Waals surface area contributed by atoms with Crippen LogP contribution >= 0.6 is 11.8 Å². The van der Waals surface area contributed by atoms with Crippen molar-refractivity contribution >= 4 is 29.4 Å². The molecule has 1 atom stereocenters. The van der Waals surface area contributed by atoms with Crippen molar-refractivity contribution in [3.05, 3.63) is 65.0 Å². The summed E-state index contributed by atoms with van der Waals surface area (Å²) in [7, 11) is 0. The van der Waals surface area contributed by atoms with Crippen LogP contribution in [0.4, 0.5) is 14.9 Å². The SMILES string of the molecule is CCN(CC)c1ccc(C2CN(C(=O)NCc3ccc(C(=O)NN)cc3F)CCS2)cc1. The number of hydrogen-bond donors (Lipinski definition) is 3. The number of hydrogen-bond acceptors (Lipinski definition) is 5. The Morgan fingerprint density at radius 3 is 2.53 bits per heavy atom. The van der Waals surface area contributed by atoms with Crippen LogP contribution in [-0.2, 0) is 6.54 Å². The zero-order valence-electron chi connectivity index (χ0n) is 18.4. The number of carbonyl (C=O) groups excluding carboxylic acids is 2. The van der Waals surface area contributed by atoms with Crippen molar-refractivity contribution in [2.24, 2.45) is 5.84 Å². The lowest BCUT2D eigenvalue weighted by molar-refractivity contribution is 0.0953. The molecule has 1 aliphatic heterocycles. The number of carbonyl (C=O) groups is 2. The smallest absolute Gasteiger partial charge is 0.317 e. The van der Waals surface area contributed by atoms with Gasteiger partial charge in [0.2, 0.25) is 0 Å². The maximum absolute atomic E-state index is 14.3. The number of anilines is 1. The van der Waals surface area contributed by atoms with Crippen LogP contribution in [0.1, 0.15) is 40.6 Å². The second-order valence-electron chi connectivity index (χ2n) is 7.51. The minimum absolute atomic E-state index is 0.0437. The molecule has 0 aromatic heterocycles. The van der Waals surface area contributed by atoms with Crippen molar-refractivity contribution in [2.45, 2.75) is 25.6 Å². The van der Waals surface area contributed by atoms with Crippen LogP contribution in [0.3, 0.4) is 0 Å². The lowest BCUT2D eigenvalue weighted by Gasteiger charge is -2.33. The summed E-state index contributed by atoms with van der Waals surface area (Å²) in [6, 6.07) is 12.4. The molecule has 0 bridgehead atoms. The predicted molar refractivity (Wildman–Crippen MR) is 127 cm³/mol. The lowest BCUT2D eigenvalue weighted by atomic mass is 10.1. The summed E-state index contributed by atoms with van der Waals surface area (Å²) in [5, 5.41) is 2.99. The number of benzene rings is 2. The van der Waals surface area contributed by atoms with Crippen molar-refractivity contribution in [3.8, 4) is 0 Å². The van der Waals surface area contributed by atoms with E-state index in [4.69, 9.17) is 5.84 Å². The molecule has 7 nitrogen and oxygen atoms in total. The van der Waals surface area contributed by atoms with Crippen LogP contribution in [-0.4, -0.2) is 48.8 Å². The zero-order chi connectivity index (χ0) is 23.1. The van der Waals surface area contributed by atoms with Gasteiger partial charge in [0.05, 0.1) is 0 Å². The predicted octanol–water partition coefficient (Wildman–Crippen LogP) is 3.28. The number of urea groups is 1. The molecule has 1 fully saturated rings. The van der Waals surface area contributed by atoms with E-state index in [2.05, 4.69) is 48.3 Å². The number of halogens is 1. The monoisotopic (exact) mass is 459 g/mol. The van der Waals surface area contributed by atoms with Crippen LogP contribution in [0.5, 0.6) is 0 Å². The Morgan fingerprint density at radius 1 is 1.19 bits per heavy atom. The number of amides is 3. The Labute approximate surface area is 192 Å². The van der Waals surface area contributed by atoms with Crippen LogP contribution in [0.15, 0.2) is 42.5 Å². The molecule has 0 radical (unpaired) electrons. The topological polar surface area (TPSA) is 90.7 Å². The first-order chi connectivity index (χ1) is 15.5. The quantitative estimate of drug-likeness (QED) is 0.336. The number of nitrogens with two attached hydrogens (primary N) is 1. The van der Waals surface area contributed by atoms with Crippen LogP contribution in [0, 0.1) is 5.82 Å². The second kappa shape index (κ2) is 11.2. The number of nitrogens with zero attached hydrogens (tertiary/aromatic N) is 2. The largest absolute Gasteiger partial charge is 0.372 e. The van der Waals surface area contributed by atoms with Gasteiger partial charge in [-0.25, -0.2) is 15.0 Å². The molecule has 172 valence electrons. The molecule has 2 aromatic rings. The summed E-state index contributed by atoms with van der Waals surface area (Å²) < 4.78 is 14.3. The van der Waals surface area contributed by atoms with Crippen LogP contribution in [0.25, 0.3) is 0 Å². The first-order valence-corrected chi connectivity index (χ1v) is 11.8. The second-order valence-corrected chi connectivity index (χ2v) is 8.82. The summed E-state index contributed by atoms with van der Waals surface area (Å²) in [6.45, 7) is 7.49. The van der Waals surface area contributed by atoms with E-state index in [0.717, 1.165) is 24.9 Å². The summed E-state index contributed by atoms with van der Waals surface area (Å²) in [5.74, 6) is 4.78. The fourth-order valence-electron chi connectivity index (χ4n) is 3.72. The minimum Gasteiger partial charge on any atom is -0.372 e. The number of nitrogens with one attached hydrogen (secondary N) is 2. The molecular formula is C23H30FN5O2S. The number of nitrogen functional groups attached to an aromatic ring is 1. The minimum atomic E-state index is -0.568. The highest BCUT2D eigenvalue weighted by atomic mass is 32.2. The first kappa shape index (κ1) is 23.9. The highest BCUT2D eigenvalue weighted by molar-refractivity contribution is 7.99. The van der Waals surface area contributed by atoms with Crippen molar-refractivity contribution in [3.63, 3.8) is 0 Å². The van der Waals surface area contributed by atoms with E-state index in [0.29, 0.717) is 18.7 Å². The number of thioether (sulfide) groups is 1. The van der Waals surface area contributed by atoms with E-state index in [1.807, 2.05) is 17.2 Å². The molecule has 1 unspecified atom stereocenters. The van der Waals surface area contributed by atoms with Crippen molar-refractivity contribution in [1.82, 2.24) is 15.6 Å². The van der Waals surface area contributed by atoms with Gasteiger partial charge >= 0.3 is 6.03 Å². The molecule has 0 spiro atoms. The van der Waals surface area contributed by atoms with Crippen LogP contribution < -0.4 is 21.5 Å². The molecular weight excluding hydrogens is 429 g/mol. The van der Waals surface area contributed by atoms with E-state index in [1.165, 1.54) is 23.4 Å². The average Bonchev–Trinajstić information content (AvgIpc) is 2.83. The highest BCUT2D eigenvalue weighted by Gasteiger charge is 2.25. The maximum atomic E-state index is 14.3. The summed E-state index contributed by atoms with van der Waals surface area (Å²) in [5.41, 5.74) is 4.80. The van der Waals surface area contributed by atoms with Gasteiger partial charge in [-0.2, -0.15) is 11.8 Å². The Bertz CT molecular complexity index is 936. The van der Waals surface area contributed by atoms with Gasteiger partial charge in [-0.3, -0.25) is 10.2 Å². The molecule has 3 rings (SSSR count). The lowest BCUT2D eigenvalue weighted by Crippen LogP contribution is -2.44. The molecule has 1 aliphatic rings. The molecule has 9 heteroatoms. The van der Waals surface area contributed by atoms with Gasteiger partial charge in [0.25, 0.3) is 5.91 Å². The Hall–Kier alpha value is -2.78. The van der Waals surface area contributed by atoms with E-state index >= 15 is 0 Å². The van der Waals surface area contributed by atoms with E-state index < -0.39 is 11.7 Å². The number of hydrazine groups is 1. The third-order valence-corrected chi connectivity index (χ3v) is 6.87. The van der Waals surface area contributed by atoms with Gasteiger partial charge in [-0.1, -0.05) is 18.2 Å². The average molecular weight is 460 g/mol. The fourth-order valence-corrected chi connectivity index (χ4v) is 4.97. The standard InChI is InChI=1S/C23H30FN5O2S/c1-3-28(4-2)19-9-7-16(8-10-19)21-15-29(11-12-32-21)23(31)26-14-18-6-5-17(13-20(18)24)22(30)27-25/h5-10,13,21H,3-4,11-12,14-15,25H2,1-2H3,(H,26,31)(H,27,30). The maximum Gasteiger partial charge on any atom is 0.317 e. The van der Waals surface area contributed by atoms with Gasteiger partial charge in [0.15, 0.2) is 0 Å². The Morgan fingerprint density at radius 2 is 1.91 bits per heavy atom.